The van der Waals surface area contributed by atoms with Crippen LogP contribution < -0.4 is 9.47 Å². The molecule has 0 amide bonds. The molecule has 9 heteroatoms. The van der Waals surface area contributed by atoms with E-state index in [1.807, 2.05) is 0 Å². The molecular formula is C18H11Cl2F3O4. The third kappa shape index (κ3) is 3.33. The summed E-state index contributed by atoms with van der Waals surface area (Å²) in [6.07, 6.45) is -4.36. The van der Waals surface area contributed by atoms with Gasteiger partial charge in [0.2, 0.25) is 0 Å². The van der Waals surface area contributed by atoms with E-state index in [9.17, 15) is 23.1 Å². The van der Waals surface area contributed by atoms with Crippen LogP contribution in [0.15, 0.2) is 42.0 Å². The second-order valence-electron chi connectivity index (χ2n) is 5.73. The first-order valence-electron chi connectivity index (χ1n) is 7.50. The minimum atomic E-state index is -5.23. The average molecular weight is 419 g/mol. The fourth-order valence-corrected chi connectivity index (χ4v) is 3.01. The Morgan fingerprint density at radius 2 is 1.78 bits per heavy atom. The van der Waals surface area contributed by atoms with Crippen LogP contribution in [0.3, 0.4) is 0 Å². The van der Waals surface area contributed by atoms with Gasteiger partial charge in [-0.3, -0.25) is 0 Å². The van der Waals surface area contributed by atoms with Gasteiger partial charge in [0.15, 0.2) is 0 Å². The zero-order valence-electron chi connectivity index (χ0n) is 13.6. The van der Waals surface area contributed by atoms with Gasteiger partial charge in [-0.25, -0.2) is 4.79 Å². The van der Waals surface area contributed by atoms with Crippen LogP contribution in [0.5, 0.6) is 11.5 Å². The lowest BCUT2D eigenvalue weighted by molar-refractivity contribution is -0.304. The number of ether oxygens (including phenoxy) is 2. The quantitative estimate of drug-likeness (QED) is 0.714. The summed E-state index contributed by atoms with van der Waals surface area (Å²) >= 11 is 11.9. The molecule has 2 aromatic carbocycles. The normalized spacial score (nSPS) is 19.0. The van der Waals surface area contributed by atoms with Gasteiger partial charge in [-0.1, -0.05) is 41.4 Å². The summed E-state index contributed by atoms with van der Waals surface area (Å²) < 4.78 is 52.3. The highest BCUT2D eigenvalue weighted by Gasteiger charge is 2.66. The van der Waals surface area contributed by atoms with Crippen molar-refractivity contribution in [3.05, 3.63) is 63.1 Å². The number of hydrogen-bond acceptors (Lipinski definition) is 3. The topological polar surface area (TPSA) is 55.8 Å². The third-order valence-corrected chi connectivity index (χ3v) is 4.73. The molecular weight excluding hydrogens is 408 g/mol. The molecule has 1 atom stereocenters. The SMILES string of the molecule is Cc1c(Cl)cc(OC2(C(F)(F)F)Oc3ccccc3C=C2C(=O)O)cc1Cl. The number of carboxylic acid groups (broad SMARTS) is 1. The molecule has 3 rings (SSSR count). The van der Waals surface area contributed by atoms with Gasteiger partial charge in [0, 0.05) is 15.6 Å². The van der Waals surface area contributed by atoms with Gasteiger partial charge in [-0.05, 0) is 36.8 Å². The van der Waals surface area contributed by atoms with Crippen molar-refractivity contribution in [2.45, 2.75) is 18.9 Å². The van der Waals surface area contributed by atoms with E-state index in [1.54, 1.807) is 13.0 Å². The maximum Gasteiger partial charge on any atom is 0.473 e. The molecule has 142 valence electrons. The van der Waals surface area contributed by atoms with E-state index >= 15 is 0 Å². The number of hydrogen-bond donors (Lipinski definition) is 1. The smallest absolute Gasteiger partial charge is 0.473 e. The van der Waals surface area contributed by atoms with Crippen LogP contribution in [-0.2, 0) is 4.79 Å². The van der Waals surface area contributed by atoms with Crippen LogP contribution >= 0.6 is 23.2 Å². The summed E-state index contributed by atoms with van der Waals surface area (Å²) in [4.78, 5) is 11.6. The van der Waals surface area contributed by atoms with Crippen molar-refractivity contribution < 1.29 is 32.5 Å². The number of carboxylic acids is 1. The lowest BCUT2D eigenvalue weighted by atomic mass is 9.97. The van der Waals surface area contributed by atoms with Gasteiger partial charge in [0.25, 0.3) is 0 Å². The largest absolute Gasteiger partial charge is 0.478 e. The molecule has 0 saturated carbocycles. The zero-order valence-corrected chi connectivity index (χ0v) is 15.1. The Kier molecular flexibility index (Phi) is 4.78. The standard InChI is InChI=1S/C18H11Cl2F3O4/c1-9-13(19)7-11(8-14(9)20)26-17(18(21,22)23)12(16(24)25)6-10-4-2-3-5-15(10)27-17/h2-8H,1H3,(H,24,25). The lowest BCUT2D eigenvalue weighted by Gasteiger charge is -2.38. The predicted molar refractivity (Wildman–Crippen MR) is 93.3 cm³/mol. The number of para-hydroxylation sites is 1. The summed E-state index contributed by atoms with van der Waals surface area (Å²) in [5.74, 6) is -5.98. The first kappa shape index (κ1) is 19.4. The highest BCUT2D eigenvalue weighted by atomic mass is 35.5. The molecule has 0 spiro atoms. The molecule has 0 fully saturated rings. The van der Waals surface area contributed by atoms with Gasteiger partial charge in [0.05, 0.1) is 0 Å². The van der Waals surface area contributed by atoms with Crippen LogP contribution in [-0.4, -0.2) is 23.0 Å². The van der Waals surface area contributed by atoms with Crippen molar-refractivity contribution in [2.24, 2.45) is 0 Å². The maximum absolute atomic E-state index is 14.0. The maximum atomic E-state index is 14.0. The van der Waals surface area contributed by atoms with Crippen molar-refractivity contribution in [3.8, 4) is 11.5 Å². The van der Waals surface area contributed by atoms with Crippen molar-refractivity contribution >= 4 is 35.2 Å². The summed E-state index contributed by atoms with van der Waals surface area (Å²) in [6.45, 7) is 1.57. The van der Waals surface area contributed by atoms with Crippen molar-refractivity contribution in [1.82, 2.24) is 0 Å². The Labute approximate surface area is 161 Å². The van der Waals surface area contributed by atoms with E-state index < -0.39 is 23.5 Å². The summed E-state index contributed by atoms with van der Waals surface area (Å²) in [5, 5.41) is 9.54. The predicted octanol–water partition coefficient (Wildman–Crippen LogP) is 5.50. The fourth-order valence-electron chi connectivity index (χ4n) is 2.55. The average Bonchev–Trinajstić information content (AvgIpc) is 2.57. The molecule has 0 bridgehead atoms. The van der Waals surface area contributed by atoms with E-state index in [4.69, 9.17) is 32.7 Å². The summed E-state index contributed by atoms with van der Waals surface area (Å²) in [7, 11) is 0. The van der Waals surface area contributed by atoms with Crippen molar-refractivity contribution in [1.29, 1.82) is 0 Å². The Hall–Kier alpha value is -2.38. The van der Waals surface area contributed by atoms with Gasteiger partial charge >= 0.3 is 17.9 Å². The fraction of sp³-hybridized carbons (Fsp3) is 0.167. The molecule has 0 saturated heterocycles. The Morgan fingerprint density at radius 1 is 1.19 bits per heavy atom. The molecule has 1 aliphatic rings. The highest BCUT2D eigenvalue weighted by Crippen LogP contribution is 2.47. The Morgan fingerprint density at radius 3 is 2.33 bits per heavy atom. The number of halogens is 5. The van der Waals surface area contributed by atoms with Gasteiger partial charge in [-0.2, -0.15) is 13.2 Å². The number of rotatable bonds is 3. The minimum absolute atomic E-state index is 0.0619. The minimum Gasteiger partial charge on any atom is -0.478 e. The van der Waals surface area contributed by atoms with E-state index in [0.717, 1.165) is 18.2 Å². The molecule has 27 heavy (non-hydrogen) atoms. The zero-order chi connectivity index (χ0) is 20.0. The monoisotopic (exact) mass is 418 g/mol. The van der Waals surface area contributed by atoms with E-state index in [0.29, 0.717) is 5.56 Å². The molecule has 2 aromatic rings. The Balaban J connectivity index is 2.20. The summed E-state index contributed by atoms with van der Waals surface area (Å²) in [6, 6.07) is 7.93. The van der Waals surface area contributed by atoms with E-state index in [-0.39, 0.29) is 27.1 Å². The van der Waals surface area contributed by atoms with Crippen molar-refractivity contribution in [2.75, 3.05) is 0 Å². The molecule has 0 radical (unpaired) electrons. The van der Waals surface area contributed by atoms with E-state index in [1.165, 1.54) is 18.2 Å². The second kappa shape index (κ2) is 6.65. The summed E-state index contributed by atoms with van der Waals surface area (Å²) in [5.41, 5.74) is -0.504. The van der Waals surface area contributed by atoms with Crippen LogP contribution in [0.4, 0.5) is 13.2 Å². The Bertz CT molecular complexity index is 933. The first-order chi connectivity index (χ1) is 12.5. The van der Waals surface area contributed by atoms with Crippen LogP contribution in [0, 0.1) is 6.92 Å². The molecule has 1 heterocycles. The van der Waals surface area contributed by atoms with Gasteiger partial charge in [0.1, 0.15) is 17.1 Å². The number of aliphatic carboxylic acids is 1. The molecule has 1 unspecified atom stereocenters. The molecule has 1 aliphatic heterocycles. The third-order valence-electron chi connectivity index (χ3n) is 3.95. The molecule has 0 aromatic heterocycles. The van der Waals surface area contributed by atoms with Crippen molar-refractivity contribution in [3.63, 3.8) is 0 Å². The molecule has 0 aliphatic carbocycles. The van der Waals surface area contributed by atoms with Crippen LogP contribution in [0.25, 0.3) is 6.08 Å². The second-order valence-corrected chi connectivity index (χ2v) is 6.55. The first-order valence-corrected chi connectivity index (χ1v) is 8.25. The van der Waals surface area contributed by atoms with Gasteiger partial charge in [-0.15, -0.1) is 0 Å². The lowest BCUT2D eigenvalue weighted by Crippen LogP contribution is -2.59. The number of benzene rings is 2. The number of alkyl halides is 3. The molecule has 1 N–H and O–H groups in total. The number of carbonyl (C=O) groups is 1. The number of fused-ring (bicyclic) bond motifs is 1. The van der Waals surface area contributed by atoms with Crippen LogP contribution in [0.2, 0.25) is 10.0 Å². The van der Waals surface area contributed by atoms with E-state index in [2.05, 4.69) is 0 Å². The highest BCUT2D eigenvalue weighted by molar-refractivity contribution is 6.36. The molecule has 4 nitrogen and oxygen atoms in total. The van der Waals surface area contributed by atoms with Gasteiger partial charge < -0.3 is 14.6 Å². The van der Waals surface area contributed by atoms with Crippen LogP contribution in [0.1, 0.15) is 11.1 Å².